The van der Waals surface area contributed by atoms with Gasteiger partial charge in [0, 0.05) is 24.8 Å². The second-order valence-electron chi connectivity index (χ2n) is 6.22. The third kappa shape index (κ3) is 4.17. The molecule has 0 aromatic carbocycles. The third-order valence-corrected chi connectivity index (χ3v) is 4.24. The van der Waals surface area contributed by atoms with Crippen molar-refractivity contribution >= 4 is 5.82 Å². The highest BCUT2D eigenvalue weighted by atomic mass is 15.2. The summed E-state index contributed by atoms with van der Waals surface area (Å²) >= 11 is 0. The van der Waals surface area contributed by atoms with Gasteiger partial charge in [-0.2, -0.15) is 0 Å². The van der Waals surface area contributed by atoms with Crippen LogP contribution in [0.3, 0.4) is 0 Å². The minimum atomic E-state index is 0.770. The van der Waals surface area contributed by atoms with Crippen LogP contribution in [0.1, 0.15) is 45.1 Å². The Kier molecular flexibility index (Phi) is 5.35. The normalized spacial score (nSPS) is 23.8. The molecule has 1 aliphatic heterocycles. The van der Waals surface area contributed by atoms with E-state index in [1.165, 1.54) is 13.0 Å². The largest absolute Gasteiger partial charge is 0.370 e. The van der Waals surface area contributed by atoms with Gasteiger partial charge in [0.05, 0.1) is 6.54 Å². The standard InChI is InChI=1S/C16H28N4/c1-5-7-17-15-9-14(4)18-16(19-15)11-20-8-6-12(2)13(3)10-20/h9,12-13H,5-8,10-11H2,1-4H3,(H,17,18,19). The van der Waals surface area contributed by atoms with Crippen molar-refractivity contribution in [1.82, 2.24) is 14.9 Å². The lowest BCUT2D eigenvalue weighted by Gasteiger charge is -2.34. The summed E-state index contributed by atoms with van der Waals surface area (Å²) in [5, 5.41) is 3.36. The molecule has 1 saturated heterocycles. The Balaban J connectivity index is 1.99. The molecule has 1 aromatic rings. The quantitative estimate of drug-likeness (QED) is 0.897. The summed E-state index contributed by atoms with van der Waals surface area (Å²) < 4.78 is 0. The monoisotopic (exact) mass is 276 g/mol. The van der Waals surface area contributed by atoms with Crippen LogP contribution in [0.25, 0.3) is 0 Å². The molecule has 0 radical (unpaired) electrons. The lowest BCUT2D eigenvalue weighted by Crippen LogP contribution is -2.38. The highest BCUT2D eigenvalue weighted by molar-refractivity contribution is 5.35. The Labute approximate surface area is 123 Å². The molecule has 2 rings (SSSR count). The molecule has 2 heterocycles. The molecule has 2 atom stereocenters. The molecule has 20 heavy (non-hydrogen) atoms. The maximum Gasteiger partial charge on any atom is 0.144 e. The van der Waals surface area contributed by atoms with Gasteiger partial charge in [0.1, 0.15) is 11.6 Å². The minimum Gasteiger partial charge on any atom is -0.370 e. The Morgan fingerprint density at radius 3 is 2.80 bits per heavy atom. The maximum atomic E-state index is 4.65. The molecule has 4 nitrogen and oxygen atoms in total. The molecular formula is C16H28N4. The molecule has 1 aromatic heterocycles. The van der Waals surface area contributed by atoms with Gasteiger partial charge in [-0.25, -0.2) is 9.97 Å². The van der Waals surface area contributed by atoms with E-state index in [9.17, 15) is 0 Å². The minimum absolute atomic E-state index is 0.770. The van der Waals surface area contributed by atoms with Gasteiger partial charge in [-0.3, -0.25) is 4.90 Å². The van der Waals surface area contributed by atoms with Crippen molar-refractivity contribution < 1.29 is 0 Å². The topological polar surface area (TPSA) is 41.1 Å². The Morgan fingerprint density at radius 2 is 2.10 bits per heavy atom. The molecule has 0 aliphatic carbocycles. The van der Waals surface area contributed by atoms with Crippen molar-refractivity contribution in [3.8, 4) is 0 Å². The number of nitrogens with one attached hydrogen (secondary N) is 1. The first kappa shape index (κ1) is 15.2. The lowest BCUT2D eigenvalue weighted by atomic mass is 9.89. The predicted molar refractivity (Wildman–Crippen MR) is 83.8 cm³/mol. The Hall–Kier alpha value is -1.16. The molecule has 4 heteroatoms. The van der Waals surface area contributed by atoms with E-state index in [1.807, 2.05) is 13.0 Å². The highest BCUT2D eigenvalue weighted by Gasteiger charge is 2.23. The fraction of sp³-hybridized carbons (Fsp3) is 0.750. The zero-order valence-corrected chi connectivity index (χ0v) is 13.3. The van der Waals surface area contributed by atoms with Crippen LogP contribution >= 0.6 is 0 Å². The number of nitrogens with zero attached hydrogens (tertiary/aromatic N) is 3. The maximum absolute atomic E-state index is 4.65. The summed E-state index contributed by atoms with van der Waals surface area (Å²) in [4.78, 5) is 11.7. The third-order valence-electron chi connectivity index (χ3n) is 4.24. The Morgan fingerprint density at radius 1 is 1.30 bits per heavy atom. The fourth-order valence-electron chi connectivity index (χ4n) is 2.74. The van der Waals surface area contributed by atoms with Gasteiger partial charge >= 0.3 is 0 Å². The summed E-state index contributed by atoms with van der Waals surface area (Å²) in [5.41, 5.74) is 1.05. The van der Waals surface area contributed by atoms with Crippen LogP contribution in [0, 0.1) is 18.8 Å². The van der Waals surface area contributed by atoms with Crippen LogP contribution < -0.4 is 5.32 Å². The molecule has 2 unspecified atom stereocenters. The molecule has 1 fully saturated rings. The van der Waals surface area contributed by atoms with Gasteiger partial charge in [-0.15, -0.1) is 0 Å². The SMILES string of the molecule is CCCNc1cc(C)nc(CN2CCC(C)C(C)C2)n1. The molecule has 1 N–H and O–H groups in total. The number of aryl methyl sites for hydroxylation is 1. The van der Waals surface area contributed by atoms with Gasteiger partial charge in [0.25, 0.3) is 0 Å². The second-order valence-corrected chi connectivity index (χ2v) is 6.22. The number of rotatable bonds is 5. The first-order valence-corrected chi connectivity index (χ1v) is 7.89. The molecule has 0 amide bonds. The van der Waals surface area contributed by atoms with Crippen molar-refractivity contribution in [1.29, 1.82) is 0 Å². The van der Waals surface area contributed by atoms with Gasteiger partial charge in [0.15, 0.2) is 0 Å². The fourth-order valence-corrected chi connectivity index (χ4v) is 2.74. The summed E-state index contributed by atoms with van der Waals surface area (Å²) in [6, 6.07) is 2.03. The zero-order chi connectivity index (χ0) is 14.5. The Bertz CT molecular complexity index is 432. The smallest absolute Gasteiger partial charge is 0.144 e. The van der Waals surface area contributed by atoms with E-state index in [4.69, 9.17) is 0 Å². The summed E-state index contributed by atoms with van der Waals surface area (Å²) in [6.45, 7) is 13.1. The number of likely N-dealkylation sites (tertiary alicyclic amines) is 1. The van der Waals surface area contributed by atoms with Crippen LogP contribution in [0.15, 0.2) is 6.07 Å². The average Bonchev–Trinajstić information content (AvgIpc) is 2.40. The molecular weight excluding hydrogens is 248 g/mol. The van der Waals surface area contributed by atoms with Gasteiger partial charge in [-0.05, 0) is 38.1 Å². The highest BCUT2D eigenvalue weighted by Crippen LogP contribution is 2.23. The zero-order valence-electron chi connectivity index (χ0n) is 13.3. The summed E-state index contributed by atoms with van der Waals surface area (Å²) in [7, 11) is 0. The van der Waals surface area contributed by atoms with Crippen molar-refractivity contribution in [3.05, 3.63) is 17.6 Å². The predicted octanol–water partition coefficient (Wildman–Crippen LogP) is 3.08. The van der Waals surface area contributed by atoms with Crippen LogP contribution in [0.2, 0.25) is 0 Å². The number of aromatic nitrogens is 2. The number of anilines is 1. The van der Waals surface area contributed by atoms with Gasteiger partial charge in [-0.1, -0.05) is 20.8 Å². The van der Waals surface area contributed by atoms with Crippen LogP contribution in [0.5, 0.6) is 0 Å². The first-order valence-electron chi connectivity index (χ1n) is 7.89. The summed E-state index contributed by atoms with van der Waals surface area (Å²) in [5.74, 6) is 3.52. The molecule has 1 aliphatic rings. The number of hydrogen-bond donors (Lipinski definition) is 1. The van der Waals surface area contributed by atoms with Crippen LogP contribution in [-0.4, -0.2) is 34.5 Å². The van der Waals surface area contributed by atoms with Crippen molar-refractivity contribution in [2.45, 2.75) is 47.1 Å². The van der Waals surface area contributed by atoms with E-state index in [1.54, 1.807) is 0 Å². The van der Waals surface area contributed by atoms with Crippen LogP contribution in [0.4, 0.5) is 5.82 Å². The van der Waals surface area contributed by atoms with Crippen molar-refractivity contribution in [2.75, 3.05) is 25.0 Å². The molecule has 0 saturated carbocycles. The second kappa shape index (κ2) is 7.02. The van der Waals surface area contributed by atoms with E-state index >= 15 is 0 Å². The van der Waals surface area contributed by atoms with E-state index in [-0.39, 0.29) is 0 Å². The van der Waals surface area contributed by atoms with Gasteiger partial charge in [0.2, 0.25) is 0 Å². The van der Waals surface area contributed by atoms with Crippen molar-refractivity contribution in [2.24, 2.45) is 11.8 Å². The van der Waals surface area contributed by atoms with E-state index in [0.29, 0.717) is 0 Å². The summed E-state index contributed by atoms with van der Waals surface area (Å²) in [6.07, 6.45) is 2.40. The van der Waals surface area contributed by atoms with E-state index in [2.05, 4.69) is 41.0 Å². The van der Waals surface area contributed by atoms with Crippen LogP contribution in [-0.2, 0) is 6.54 Å². The molecule has 112 valence electrons. The van der Waals surface area contributed by atoms with E-state index in [0.717, 1.165) is 55.2 Å². The number of hydrogen-bond acceptors (Lipinski definition) is 4. The first-order chi connectivity index (χ1) is 9.58. The van der Waals surface area contributed by atoms with E-state index < -0.39 is 0 Å². The molecule has 0 bridgehead atoms. The van der Waals surface area contributed by atoms with Crippen molar-refractivity contribution in [3.63, 3.8) is 0 Å². The number of piperidine rings is 1. The average molecular weight is 276 g/mol. The lowest BCUT2D eigenvalue weighted by molar-refractivity contribution is 0.129. The molecule has 0 spiro atoms. The van der Waals surface area contributed by atoms with Gasteiger partial charge < -0.3 is 5.32 Å².